The monoisotopic (exact) mass is 735 g/mol. The van der Waals surface area contributed by atoms with Gasteiger partial charge in [0.2, 0.25) is 0 Å². The lowest BCUT2D eigenvalue weighted by molar-refractivity contribution is -0.141. The molecule has 2 aliphatic rings. The average Bonchev–Trinajstić information content (AvgIpc) is 3.82. The lowest BCUT2D eigenvalue weighted by Crippen LogP contribution is -2.61. The van der Waals surface area contributed by atoms with Crippen LogP contribution in [0.1, 0.15) is 47.9 Å². The first-order chi connectivity index (χ1) is 26.0. The van der Waals surface area contributed by atoms with Gasteiger partial charge in [0.05, 0.1) is 36.2 Å². The van der Waals surface area contributed by atoms with Gasteiger partial charge in [-0.05, 0) is 65.6 Å². The summed E-state index contributed by atoms with van der Waals surface area (Å²) in [4.78, 5) is 56.8. The number of rotatable bonds is 8. The predicted octanol–water partition coefficient (Wildman–Crippen LogP) is 4.76. The van der Waals surface area contributed by atoms with Crippen molar-refractivity contribution in [3.05, 3.63) is 119 Å². The van der Waals surface area contributed by atoms with Gasteiger partial charge in [0.15, 0.2) is 5.69 Å². The molecule has 6 heterocycles. The third kappa shape index (κ3) is 6.28. The number of methoxy groups -OCH3 is 1. The minimum Gasteiger partial charge on any atom is -0.497 e. The van der Waals surface area contributed by atoms with Crippen molar-refractivity contribution in [2.24, 2.45) is 7.05 Å². The van der Waals surface area contributed by atoms with Crippen LogP contribution in [0.15, 0.2) is 86.0 Å². The van der Waals surface area contributed by atoms with E-state index >= 15 is 0 Å². The van der Waals surface area contributed by atoms with E-state index in [4.69, 9.17) is 4.74 Å². The first-order valence-corrected chi connectivity index (χ1v) is 17.0. The zero-order valence-corrected chi connectivity index (χ0v) is 29.0. The number of ether oxygens (including phenoxy) is 1. The van der Waals surface area contributed by atoms with Crippen LogP contribution >= 0.6 is 0 Å². The highest BCUT2D eigenvalue weighted by Gasteiger charge is 2.39. The molecule has 2 aromatic carbocycles. The number of carbonyl (C=O) groups is 3. The first-order valence-electron chi connectivity index (χ1n) is 17.0. The molecule has 6 aromatic rings. The molecule has 0 spiro atoms. The van der Waals surface area contributed by atoms with Gasteiger partial charge in [0, 0.05) is 92.5 Å². The molecule has 2 aliphatic heterocycles. The Morgan fingerprint density at radius 2 is 1.76 bits per heavy atom. The number of aryl methyl sites for hydroxylation is 1. The van der Waals surface area contributed by atoms with Gasteiger partial charge in [-0.25, -0.2) is 4.98 Å². The first kappa shape index (κ1) is 34.5. The topological polar surface area (TPSA) is 140 Å². The van der Waals surface area contributed by atoms with E-state index < -0.39 is 23.7 Å². The number of halogens is 3. The van der Waals surface area contributed by atoms with Crippen molar-refractivity contribution in [3.63, 3.8) is 0 Å². The molecule has 8 rings (SSSR count). The highest BCUT2D eigenvalue weighted by molar-refractivity contribution is 6.15. The molecule has 0 aliphatic carbocycles. The molecular weight excluding hydrogens is 703 g/mol. The summed E-state index contributed by atoms with van der Waals surface area (Å²) in [6.45, 7) is 1.05. The van der Waals surface area contributed by atoms with Crippen molar-refractivity contribution in [3.8, 4) is 16.9 Å². The summed E-state index contributed by atoms with van der Waals surface area (Å²) in [5, 5.41) is 7.18. The largest absolute Gasteiger partial charge is 0.497 e. The summed E-state index contributed by atoms with van der Waals surface area (Å²) < 4.78 is 51.1. The molecule has 0 unspecified atom stereocenters. The number of amides is 3. The lowest BCUT2D eigenvalue weighted by Gasteiger charge is -2.39. The molecule has 1 fully saturated rings. The maximum atomic E-state index is 14.5. The molecule has 13 nitrogen and oxygen atoms in total. The number of pyridine rings is 2. The molecule has 0 atom stereocenters. The van der Waals surface area contributed by atoms with Gasteiger partial charge in [0.1, 0.15) is 5.75 Å². The van der Waals surface area contributed by atoms with Crippen LogP contribution in [0.3, 0.4) is 0 Å². The molecule has 0 bridgehead atoms. The normalized spacial score (nSPS) is 14.6. The second-order valence-corrected chi connectivity index (χ2v) is 13.2. The van der Waals surface area contributed by atoms with Crippen LogP contribution in [0.5, 0.6) is 5.75 Å². The van der Waals surface area contributed by atoms with Crippen molar-refractivity contribution in [2.45, 2.75) is 25.2 Å². The fraction of sp³-hybridized carbons (Fsp3) is 0.237. The van der Waals surface area contributed by atoms with Crippen LogP contribution in [0.25, 0.3) is 22.0 Å². The van der Waals surface area contributed by atoms with Gasteiger partial charge in [-0.2, -0.15) is 18.3 Å². The van der Waals surface area contributed by atoms with Gasteiger partial charge < -0.3 is 24.4 Å². The number of imidazole rings is 1. The van der Waals surface area contributed by atoms with Crippen molar-refractivity contribution in [2.75, 3.05) is 31.6 Å². The maximum absolute atomic E-state index is 14.5. The fourth-order valence-corrected chi connectivity index (χ4v) is 7.13. The van der Waals surface area contributed by atoms with E-state index in [1.807, 2.05) is 0 Å². The number of carbonyl (C=O) groups excluding carboxylic acids is 3. The number of alkyl halides is 3. The van der Waals surface area contributed by atoms with Crippen LogP contribution in [0.4, 0.5) is 18.9 Å². The van der Waals surface area contributed by atoms with Crippen LogP contribution < -0.4 is 15.0 Å². The number of nitrogens with one attached hydrogen (secondary N) is 1. The molecule has 3 amide bonds. The van der Waals surface area contributed by atoms with Crippen molar-refractivity contribution < 1.29 is 32.3 Å². The Morgan fingerprint density at radius 1 is 0.981 bits per heavy atom. The van der Waals surface area contributed by atoms with E-state index in [1.54, 1.807) is 87.9 Å². The quantitative estimate of drug-likeness (QED) is 0.236. The van der Waals surface area contributed by atoms with E-state index in [9.17, 15) is 27.6 Å². The molecule has 1 N–H and O–H groups in total. The van der Waals surface area contributed by atoms with Gasteiger partial charge in [-0.1, -0.05) is 0 Å². The molecule has 16 heteroatoms. The standard InChI is InChI=1S/C38H32F3N9O4/c1-47-20-31(34(46-47)38(39,40)41)27-13-22(17-48-12-10-43-21-48)14-28-26(27)6-11-50(37(28)53)32-5-9-44-33-29(32)15-25(54-2)16-30(33)35(51)45-24-18-49(19-24)36(52)23-3-7-42-8-4-23/h3-5,7-10,12-16,20-21,24H,6,11,17-19H2,1-2H3,(H,45,51). The smallest absolute Gasteiger partial charge is 0.435 e. The predicted molar refractivity (Wildman–Crippen MR) is 190 cm³/mol. The number of hydrogen-bond donors (Lipinski definition) is 1. The third-order valence-electron chi connectivity index (χ3n) is 9.68. The van der Waals surface area contributed by atoms with Crippen molar-refractivity contribution >= 4 is 34.3 Å². The Bertz CT molecular complexity index is 2420. The Labute approximate surface area is 306 Å². The molecule has 54 heavy (non-hydrogen) atoms. The third-order valence-corrected chi connectivity index (χ3v) is 9.68. The van der Waals surface area contributed by atoms with E-state index in [0.29, 0.717) is 52.1 Å². The molecule has 0 radical (unpaired) electrons. The maximum Gasteiger partial charge on any atom is 0.435 e. The van der Waals surface area contributed by atoms with Gasteiger partial charge in [0.25, 0.3) is 17.7 Å². The number of hydrogen-bond acceptors (Lipinski definition) is 8. The number of aromatic nitrogens is 6. The fourth-order valence-electron chi connectivity index (χ4n) is 7.13. The zero-order chi connectivity index (χ0) is 37.7. The van der Waals surface area contributed by atoms with Gasteiger partial charge in [-0.3, -0.25) is 29.0 Å². The molecule has 4 aromatic heterocycles. The highest BCUT2D eigenvalue weighted by atomic mass is 19.4. The molecular formula is C38H32F3N9O4. The van der Waals surface area contributed by atoms with Crippen molar-refractivity contribution in [1.29, 1.82) is 0 Å². The number of likely N-dealkylation sites (tertiary alicyclic amines) is 1. The van der Waals surface area contributed by atoms with Crippen LogP contribution in [0.2, 0.25) is 0 Å². The van der Waals surface area contributed by atoms with E-state index in [1.165, 1.54) is 26.6 Å². The van der Waals surface area contributed by atoms with Gasteiger partial charge >= 0.3 is 6.18 Å². The van der Waals surface area contributed by atoms with Crippen LogP contribution in [0, 0.1) is 0 Å². The Kier molecular flexibility index (Phi) is 8.59. The number of benzene rings is 2. The minimum absolute atomic E-state index is 0.110. The lowest BCUT2D eigenvalue weighted by atomic mass is 9.87. The SMILES string of the molecule is COc1cc(C(=O)NC2CN(C(=O)c3ccncc3)C2)c2nccc(N3CCc4c(cc(Cn5ccnc5)cc4-c4cn(C)nc4C(F)(F)F)C3=O)c2c1. The average molecular weight is 736 g/mol. The van der Waals surface area contributed by atoms with E-state index in [-0.39, 0.29) is 53.7 Å². The summed E-state index contributed by atoms with van der Waals surface area (Å²) in [5.74, 6) is -0.644. The minimum atomic E-state index is -4.72. The van der Waals surface area contributed by atoms with E-state index in [0.717, 1.165) is 4.68 Å². The van der Waals surface area contributed by atoms with Crippen LogP contribution in [-0.4, -0.2) is 84.7 Å². The molecule has 1 saturated heterocycles. The number of fused-ring (bicyclic) bond motifs is 2. The summed E-state index contributed by atoms with van der Waals surface area (Å²) in [6.07, 6.45) is 6.36. The van der Waals surface area contributed by atoms with Crippen molar-refractivity contribution in [1.82, 2.24) is 39.5 Å². The number of nitrogens with zero attached hydrogens (tertiary/aromatic N) is 8. The molecule has 274 valence electrons. The number of anilines is 1. The Balaban J connectivity index is 1.13. The van der Waals surface area contributed by atoms with Crippen LogP contribution in [-0.2, 0) is 26.2 Å². The highest BCUT2D eigenvalue weighted by Crippen LogP contribution is 2.41. The Hall–Kier alpha value is -6.58. The Morgan fingerprint density at radius 3 is 2.48 bits per heavy atom. The second-order valence-electron chi connectivity index (χ2n) is 13.2. The summed E-state index contributed by atoms with van der Waals surface area (Å²) in [7, 11) is 2.89. The second kappa shape index (κ2) is 13.4. The molecule has 0 saturated carbocycles. The summed E-state index contributed by atoms with van der Waals surface area (Å²) >= 11 is 0. The summed E-state index contributed by atoms with van der Waals surface area (Å²) in [5.41, 5.74) is 2.00. The summed E-state index contributed by atoms with van der Waals surface area (Å²) in [6, 6.07) is 11.3. The van der Waals surface area contributed by atoms with Gasteiger partial charge in [-0.15, -0.1) is 0 Å². The van der Waals surface area contributed by atoms with E-state index in [2.05, 4.69) is 25.4 Å². The zero-order valence-electron chi connectivity index (χ0n) is 29.0.